The van der Waals surface area contributed by atoms with E-state index < -0.39 is 0 Å². The predicted molar refractivity (Wildman–Crippen MR) is 101 cm³/mol. The first kappa shape index (κ1) is 17.9. The summed E-state index contributed by atoms with van der Waals surface area (Å²) in [7, 11) is 3.95. The fraction of sp³-hybridized carbons (Fsp3) is 0.300. The van der Waals surface area contributed by atoms with E-state index >= 15 is 0 Å². The Morgan fingerprint density at radius 2 is 1.88 bits per heavy atom. The van der Waals surface area contributed by atoms with Gasteiger partial charge in [-0.2, -0.15) is 0 Å². The Kier molecular flexibility index (Phi) is 5.53. The minimum absolute atomic E-state index is 0.0166. The minimum Gasteiger partial charge on any atom is -0.467 e. The lowest BCUT2D eigenvalue weighted by Crippen LogP contribution is -2.38. The molecule has 3 aromatic rings. The summed E-state index contributed by atoms with van der Waals surface area (Å²) in [5, 5.41) is 0.619. The van der Waals surface area contributed by atoms with Gasteiger partial charge in [0, 0.05) is 30.7 Å². The van der Waals surface area contributed by atoms with Crippen molar-refractivity contribution in [3.05, 3.63) is 70.9 Å². The number of hydrogen-bond donors (Lipinski definition) is 0. The second kappa shape index (κ2) is 8.01. The van der Waals surface area contributed by atoms with Gasteiger partial charge >= 0.3 is 0 Å². The molecule has 6 heteroatoms. The molecule has 0 radical (unpaired) electrons. The zero-order valence-corrected chi connectivity index (χ0v) is 15.1. The van der Waals surface area contributed by atoms with Crippen LogP contribution in [0.15, 0.2) is 64.1 Å². The molecule has 0 aliphatic carbocycles. The Morgan fingerprint density at radius 1 is 1.08 bits per heavy atom. The monoisotopic (exact) mass is 353 g/mol. The van der Waals surface area contributed by atoms with Crippen molar-refractivity contribution in [3.8, 4) is 0 Å². The van der Waals surface area contributed by atoms with E-state index in [0.717, 1.165) is 17.8 Å². The first-order chi connectivity index (χ1) is 12.5. The SMILES string of the molecule is CN(C)CCN(Cc1ccco1)C(=O)Cn1ccc(=O)c2ccccc21. The molecule has 0 spiro atoms. The molecular weight excluding hydrogens is 330 g/mol. The fourth-order valence-corrected chi connectivity index (χ4v) is 2.85. The van der Waals surface area contributed by atoms with Crippen molar-refractivity contribution in [2.24, 2.45) is 0 Å². The van der Waals surface area contributed by atoms with Gasteiger partial charge in [-0.1, -0.05) is 12.1 Å². The third-order valence-corrected chi connectivity index (χ3v) is 4.29. The van der Waals surface area contributed by atoms with Gasteiger partial charge in [0.2, 0.25) is 5.91 Å². The first-order valence-corrected chi connectivity index (χ1v) is 8.57. The summed E-state index contributed by atoms with van der Waals surface area (Å²) in [6.07, 6.45) is 3.29. The zero-order valence-electron chi connectivity index (χ0n) is 15.1. The summed E-state index contributed by atoms with van der Waals surface area (Å²) in [5.41, 5.74) is 0.725. The van der Waals surface area contributed by atoms with Crippen LogP contribution in [0.3, 0.4) is 0 Å². The van der Waals surface area contributed by atoms with Crippen LogP contribution in [0.1, 0.15) is 5.76 Å². The highest BCUT2D eigenvalue weighted by molar-refractivity contribution is 5.82. The number of carbonyl (C=O) groups excluding carboxylic acids is 1. The van der Waals surface area contributed by atoms with Crippen molar-refractivity contribution >= 4 is 16.8 Å². The van der Waals surface area contributed by atoms with Crippen molar-refractivity contribution in [3.63, 3.8) is 0 Å². The number of para-hydroxylation sites is 1. The van der Waals surface area contributed by atoms with E-state index in [4.69, 9.17) is 4.42 Å². The fourth-order valence-electron chi connectivity index (χ4n) is 2.85. The summed E-state index contributed by atoms with van der Waals surface area (Å²) in [4.78, 5) is 28.8. The van der Waals surface area contributed by atoms with Gasteiger partial charge in [-0.05, 0) is 38.4 Å². The molecule has 0 saturated carbocycles. The highest BCUT2D eigenvalue weighted by atomic mass is 16.3. The molecule has 0 N–H and O–H groups in total. The van der Waals surface area contributed by atoms with Crippen LogP contribution < -0.4 is 5.43 Å². The third-order valence-electron chi connectivity index (χ3n) is 4.29. The van der Waals surface area contributed by atoms with Gasteiger partial charge in [0.15, 0.2) is 5.43 Å². The number of pyridine rings is 1. The van der Waals surface area contributed by atoms with Crippen LogP contribution in [-0.4, -0.2) is 47.5 Å². The number of furan rings is 1. The normalized spacial score (nSPS) is 11.2. The van der Waals surface area contributed by atoms with Crippen LogP contribution in [0.5, 0.6) is 0 Å². The molecule has 6 nitrogen and oxygen atoms in total. The minimum atomic E-state index is -0.0376. The lowest BCUT2D eigenvalue weighted by Gasteiger charge is -2.24. The van der Waals surface area contributed by atoms with Crippen molar-refractivity contribution in [2.45, 2.75) is 13.1 Å². The summed E-state index contributed by atoms with van der Waals surface area (Å²) < 4.78 is 7.22. The number of carbonyl (C=O) groups is 1. The van der Waals surface area contributed by atoms with E-state index in [1.807, 2.05) is 53.9 Å². The second-order valence-electron chi connectivity index (χ2n) is 6.52. The van der Waals surface area contributed by atoms with Crippen LogP contribution >= 0.6 is 0 Å². The van der Waals surface area contributed by atoms with Crippen LogP contribution in [0, 0.1) is 0 Å². The number of hydrogen-bond acceptors (Lipinski definition) is 4. The lowest BCUT2D eigenvalue weighted by atomic mass is 10.2. The molecule has 1 amide bonds. The van der Waals surface area contributed by atoms with Gasteiger partial charge in [0.1, 0.15) is 12.3 Å². The van der Waals surface area contributed by atoms with Crippen molar-refractivity contribution in [2.75, 3.05) is 27.2 Å². The molecule has 0 aliphatic heterocycles. The number of nitrogens with zero attached hydrogens (tertiary/aromatic N) is 3. The molecule has 3 rings (SSSR count). The highest BCUT2D eigenvalue weighted by Crippen LogP contribution is 2.11. The Bertz CT molecular complexity index is 929. The quantitative estimate of drug-likeness (QED) is 0.653. The molecular formula is C20H23N3O3. The average Bonchev–Trinajstić information content (AvgIpc) is 3.14. The van der Waals surface area contributed by atoms with E-state index in [9.17, 15) is 9.59 Å². The number of rotatable bonds is 7. The van der Waals surface area contributed by atoms with Crippen molar-refractivity contribution < 1.29 is 9.21 Å². The maximum atomic E-state index is 12.9. The average molecular weight is 353 g/mol. The van der Waals surface area contributed by atoms with Gasteiger partial charge in [-0.25, -0.2) is 0 Å². The molecule has 0 fully saturated rings. The molecule has 26 heavy (non-hydrogen) atoms. The van der Waals surface area contributed by atoms with Crippen LogP contribution in [0.2, 0.25) is 0 Å². The Labute approximate surface area is 152 Å². The van der Waals surface area contributed by atoms with E-state index in [2.05, 4.69) is 0 Å². The maximum absolute atomic E-state index is 12.9. The molecule has 1 aromatic carbocycles. The van der Waals surface area contributed by atoms with E-state index in [-0.39, 0.29) is 17.9 Å². The second-order valence-corrected chi connectivity index (χ2v) is 6.52. The molecule has 0 aliphatic rings. The van der Waals surface area contributed by atoms with Crippen LogP contribution in [0.25, 0.3) is 10.9 Å². The Hall–Kier alpha value is -2.86. The molecule has 0 atom stereocenters. The molecule has 2 aromatic heterocycles. The first-order valence-electron chi connectivity index (χ1n) is 8.57. The van der Waals surface area contributed by atoms with E-state index in [1.54, 1.807) is 23.4 Å². The largest absolute Gasteiger partial charge is 0.467 e. The maximum Gasteiger partial charge on any atom is 0.242 e. The summed E-state index contributed by atoms with van der Waals surface area (Å²) >= 11 is 0. The Balaban J connectivity index is 1.83. The van der Waals surface area contributed by atoms with Crippen molar-refractivity contribution in [1.82, 2.24) is 14.4 Å². The summed E-state index contributed by atoms with van der Waals surface area (Å²) in [6.45, 7) is 1.97. The standard InChI is InChI=1S/C20H23N3O3/c1-21(2)11-12-23(14-16-6-5-13-26-16)20(25)15-22-10-9-19(24)17-7-3-4-8-18(17)22/h3-10,13H,11-12,14-15H2,1-2H3. The van der Waals surface area contributed by atoms with Gasteiger partial charge in [0.05, 0.1) is 18.3 Å². The number of amides is 1. The van der Waals surface area contributed by atoms with Crippen LogP contribution in [-0.2, 0) is 17.9 Å². The summed E-state index contributed by atoms with van der Waals surface area (Å²) in [5.74, 6) is 0.735. The molecule has 2 heterocycles. The summed E-state index contributed by atoms with van der Waals surface area (Å²) in [6, 6.07) is 12.5. The third kappa shape index (κ3) is 4.21. The number of aromatic nitrogens is 1. The van der Waals surface area contributed by atoms with Gasteiger partial charge < -0.3 is 18.8 Å². The Morgan fingerprint density at radius 3 is 2.62 bits per heavy atom. The van der Waals surface area contributed by atoms with Crippen LogP contribution in [0.4, 0.5) is 0 Å². The van der Waals surface area contributed by atoms with Gasteiger partial charge in [-0.3, -0.25) is 9.59 Å². The number of benzene rings is 1. The predicted octanol–water partition coefficient (Wildman–Crippen LogP) is 2.18. The van der Waals surface area contributed by atoms with Gasteiger partial charge in [0.25, 0.3) is 0 Å². The number of fused-ring (bicyclic) bond motifs is 1. The van der Waals surface area contributed by atoms with Crippen molar-refractivity contribution in [1.29, 1.82) is 0 Å². The molecule has 136 valence electrons. The van der Waals surface area contributed by atoms with Gasteiger partial charge in [-0.15, -0.1) is 0 Å². The molecule has 0 bridgehead atoms. The van der Waals surface area contributed by atoms with E-state index in [1.165, 1.54) is 6.07 Å². The lowest BCUT2D eigenvalue weighted by molar-refractivity contribution is -0.132. The van der Waals surface area contributed by atoms with E-state index in [0.29, 0.717) is 18.5 Å². The number of likely N-dealkylation sites (N-methyl/N-ethyl adjacent to an activating group) is 1. The molecule has 0 saturated heterocycles. The molecule has 0 unspecified atom stereocenters. The smallest absolute Gasteiger partial charge is 0.242 e. The topological polar surface area (TPSA) is 58.7 Å². The highest BCUT2D eigenvalue weighted by Gasteiger charge is 2.17. The zero-order chi connectivity index (χ0) is 18.5.